The predicted octanol–water partition coefficient (Wildman–Crippen LogP) is 2.56. The minimum atomic E-state index is -0.671. The highest BCUT2D eigenvalue weighted by atomic mass is 35.5. The van der Waals surface area contributed by atoms with Crippen LogP contribution in [0.5, 0.6) is 0 Å². The third kappa shape index (κ3) is 4.50. The number of hydrogen-bond donors (Lipinski definition) is 2. The first kappa shape index (κ1) is 15.4. The largest absolute Gasteiger partial charge is 0.323 e. The van der Waals surface area contributed by atoms with Crippen molar-refractivity contribution in [1.29, 1.82) is 0 Å². The Morgan fingerprint density at radius 3 is 2.68 bits per heavy atom. The molecule has 0 spiro atoms. The summed E-state index contributed by atoms with van der Waals surface area (Å²) < 4.78 is 0. The lowest BCUT2D eigenvalue weighted by Crippen LogP contribution is -2.36. The number of hydrogen-bond acceptors (Lipinski definition) is 4. The number of halogens is 1. The summed E-state index contributed by atoms with van der Waals surface area (Å²) in [6, 6.07) is 3.17. The zero-order valence-corrected chi connectivity index (χ0v) is 11.5. The Bertz CT molecular complexity index is 491. The first-order valence-electron chi connectivity index (χ1n) is 5.81. The van der Waals surface area contributed by atoms with E-state index in [2.05, 4.69) is 5.32 Å². The number of anilines is 1. The average Bonchev–Trinajstić information content (AvgIpc) is 2.30. The molecule has 1 amide bonds. The number of nitrogens with two attached hydrogens (primary N) is 1. The van der Waals surface area contributed by atoms with E-state index in [1.165, 1.54) is 18.2 Å². The highest BCUT2D eigenvalue weighted by Gasteiger charge is 2.17. The van der Waals surface area contributed by atoms with Gasteiger partial charge in [-0.15, -0.1) is 0 Å². The molecule has 0 saturated carbocycles. The van der Waals surface area contributed by atoms with Crippen LogP contribution in [0, 0.1) is 16.0 Å². The molecule has 104 valence electrons. The van der Waals surface area contributed by atoms with E-state index in [1.807, 2.05) is 13.8 Å². The van der Waals surface area contributed by atoms with E-state index in [1.54, 1.807) is 0 Å². The molecule has 1 rings (SSSR count). The number of nitrogens with zero attached hydrogens (tertiary/aromatic N) is 1. The van der Waals surface area contributed by atoms with Gasteiger partial charge in [0.25, 0.3) is 5.69 Å². The summed E-state index contributed by atoms with van der Waals surface area (Å²) >= 11 is 5.88. The first-order chi connectivity index (χ1) is 8.81. The lowest BCUT2D eigenvalue weighted by atomic mass is 10.0. The fourth-order valence-corrected chi connectivity index (χ4v) is 1.73. The molecule has 3 N–H and O–H groups in total. The van der Waals surface area contributed by atoms with Crippen LogP contribution in [-0.4, -0.2) is 16.9 Å². The number of non-ortho nitro benzene ring substituents is 1. The molecule has 1 aromatic rings. The van der Waals surface area contributed by atoms with Crippen LogP contribution >= 0.6 is 11.6 Å². The van der Waals surface area contributed by atoms with E-state index in [4.69, 9.17) is 17.3 Å². The van der Waals surface area contributed by atoms with Crippen molar-refractivity contribution in [3.05, 3.63) is 33.3 Å². The van der Waals surface area contributed by atoms with Crippen LogP contribution in [0.25, 0.3) is 0 Å². The van der Waals surface area contributed by atoms with Gasteiger partial charge in [0, 0.05) is 12.1 Å². The number of carbonyl (C=O) groups excluding carboxylic acids is 1. The molecule has 0 bridgehead atoms. The molecule has 1 atom stereocenters. The SMILES string of the molecule is CC(C)C[C@@H](N)C(=O)Nc1cc([N+](=O)[O-])ccc1Cl. The number of rotatable bonds is 5. The number of carbonyl (C=O) groups is 1. The Labute approximate surface area is 116 Å². The molecule has 0 unspecified atom stereocenters. The minimum absolute atomic E-state index is 0.142. The van der Waals surface area contributed by atoms with Crippen LogP contribution in [-0.2, 0) is 4.79 Å². The Morgan fingerprint density at radius 1 is 1.53 bits per heavy atom. The normalized spacial score (nSPS) is 12.3. The van der Waals surface area contributed by atoms with E-state index in [-0.39, 0.29) is 22.3 Å². The van der Waals surface area contributed by atoms with Crippen molar-refractivity contribution in [2.75, 3.05) is 5.32 Å². The van der Waals surface area contributed by atoms with Gasteiger partial charge in [0.15, 0.2) is 0 Å². The quantitative estimate of drug-likeness (QED) is 0.641. The van der Waals surface area contributed by atoms with Crippen LogP contribution < -0.4 is 11.1 Å². The molecular formula is C12H16ClN3O3. The highest BCUT2D eigenvalue weighted by molar-refractivity contribution is 6.33. The second kappa shape index (κ2) is 6.49. The second-order valence-electron chi connectivity index (χ2n) is 4.65. The smallest absolute Gasteiger partial charge is 0.271 e. The average molecular weight is 286 g/mol. The first-order valence-corrected chi connectivity index (χ1v) is 6.19. The summed E-state index contributed by atoms with van der Waals surface area (Å²) in [6.45, 7) is 3.90. The van der Waals surface area contributed by atoms with Gasteiger partial charge in [-0.05, 0) is 18.4 Å². The highest BCUT2D eigenvalue weighted by Crippen LogP contribution is 2.26. The minimum Gasteiger partial charge on any atom is -0.323 e. The van der Waals surface area contributed by atoms with Crippen molar-refractivity contribution >= 4 is 28.9 Å². The Balaban J connectivity index is 2.84. The maximum atomic E-state index is 11.8. The third-order valence-electron chi connectivity index (χ3n) is 2.48. The predicted molar refractivity (Wildman–Crippen MR) is 74.2 cm³/mol. The summed E-state index contributed by atoms with van der Waals surface area (Å²) in [5, 5.41) is 13.4. The van der Waals surface area contributed by atoms with Gasteiger partial charge in [0.05, 0.1) is 21.7 Å². The maximum absolute atomic E-state index is 11.8. The standard InChI is InChI=1S/C12H16ClN3O3/c1-7(2)5-10(14)12(17)15-11-6-8(16(18)19)3-4-9(11)13/h3-4,6-7,10H,5,14H2,1-2H3,(H,15,17)/t10-/m1/s1. The molecule has 0 aliphatic rings. The topological polar surface area (TPSA) is 98.3 Å². The number of nitro benzene ring substituents is 1. The zero-order valence-electron chi connectivity index (χ0n) is 10.7. The summed E-state index contributed by atoms with van der Waals surface area (Å²) in [4.78, 5) is 21.9. The van der Waals surface area contributed by atoms with Crippen molar-refractivity contribution in [3.63, 3.8) is 0 Å². The van der Waals surface area contributed by atoms with Gasteiger partial charge in [-0.3, -0.25) is 14.9 Å². The van der Waals surface area contributed by atoms with E-state index >= 15 is 0 Å². The molecule has 19 heavy (non-hydrogen) atoms. The van der Waals surface area contributed by atoms with Gasteiger partial charge in [0.1, 0.15) is 0 Å². The van der Waals surface area contributed by atoms with Crippen molar-refractivity contribution in [2.24, 2.45) is 11.7 Å². The number of nitrogens with one attached hydrogen (secondary N) is 1. The Hall–Kier alpha value is -1.66. The van der Waals surface area contributed by atoms with Crippen molar-refractivity contribution in [3.8, 4) is 0 Å². The number of amides is 1. The van der Waals surface area contributed by atoms with Gasteiger partial charge in [-0.2, -0.15) is 0 Å². The molecule has 1 aromatic carbocycles. The van der Waals surface area contributed by atoms with Crippen molar-refractivity contribution in [1.82, 2.24) is 0 Å². The Kier molecular flexibility index (Phi) is 5.26. The van der Waals surface area contributed by atoms with Crippen LogP contribution in [0.2, 0.25) is 5.02 Å². The van der Waals surface area contributed by atoms with Crippen LogP contribution in [0.4, 0.5) is 11.4 Å². The van der Waals surface area contributed by atoms with Crippen molar-refractivity contribution in [2.45, 2.75) is 26.3 Å². The third-order valence-corrected chi connectivity index (χ3v) is 2.81. The molecule has 0 fully saturated rings. The lowest BCUT2D eigenvalue weighted by Gasteiger charge is -2.14. The molecule has 0 aliphatic heterocycles. The molecule has 7 heteroatoms. The Morgan fingerprint density at radius 2 is 2.16 bits per heavy atom. The van der Waals surface area contributed by atoms with E-state index in [0.29, 0.717) is 6.42 Å². The number of nitro groups is 1. The summed E-state index contributed by atoms with van der Waals surface area (Å²) in [5.74, 6) is -0.127. The summed E-state index contributed by atoms with van der Waals surface area (Å²) in [7, 11) is 0. The van der Waals surface area contributed by atoms with Crippen LogP contribution in [0.15, 0.2) is 18.2 Å². The van der Waals surface area contributed by atoms with E-state index in [0.717, 1.165) is 0 Å². The molecule has 0 heterocycles. The fourth-order valence-electron chi connectivity index (χ4n) is 1.56. The molecule has 6 nitrogen and oxygen atoms in total. The zero-order chi connectivity index (χ0) is 14.6. The van der Waals surface area contributed by atoms with Gasteiger partial charge < -0.3 is 11.1 Å². The maximum Gasteiger partial charge on any atom is 0.271 e. The van der Waals surface area contributed by atoms with Crippen molar-refractivity contribution < 1.29 is 9.72 Å². The van der Waals surface area contributed by atoms with Gasteiger partial charge in [0.2, 0.25) is 5.91 Å². The van der Waals surface area contributed by atoms with Gasteiger partial charge in [-0.25, -0.2) is 0 Å². The van der Waals surface area contributed by atoms with E-state index in [9.17, 15) is 14.9 Å². The molecular weight excluding hydrogens is 270 g/mol. The summed E-state index contributed by atoms with van der Waals surface area (Å²) in [6.07, 6.45) is 0.526. The molecule has 0 saturated heterocycles. The molecule has 0 aliphatic carbocycles. The second-order valence-corrected chi connectivity index (χ2v) is 5.05. The number of benzene rings is 1. The van der Waals surface area contributed by atoms with E-state index < -0.39 is 16.9 Å². The lowest BCUT2D eigenvalue weighted by molar-refractivity contribution is -0.384. The van der Waals surface area contributed by atoms with Gasteiger partial charge in [-0.1, -0.05) is 25.4 Å². The monoisotopic (exact) mass is 285 g/mol. The van der Waals surface area contributed by atoms with Crippen LogP contribution in [0.1, 0.15) is 20.3 Å². The molecule has 0 radical (unpaired) electrons. The fraction of sp³-hybridized carbons (Fsp3) is 0.417. The summed E-state index contributed by atoms with van der Waals surface area (Å²) in [5.41, 5.74) is 5.78. The molecule has 0 aromatic heterocycles. The van der Waals surface area contributed by atoms with Crippen LogP contribution in [0.3, 0.4) is 0 Å². The van der Waals surface area contributed by atoms with Gasteiger partial charge >= 0.3 is 0 Å².